The molecule has 0 atom stereocenters. The number of hydrogen-bond donors (Lipinski definition) is 0. The fourth-order valence-electron chi connectivity index (χ4n) is 1.13. The quantitative estimate of drug-likeness (QED) is 0.526. The molecule has 1 rings (SSSR count). The van der Waals surface area contributed by atoms with Gasteiger partial charge >= 0.3 is 59.0 Å². The fraction of sp³-hybridized carbons (Fsp3) is 1.00. The second-order valence-electron chi connectivity index (χ2n) is 2.40. The van der Waals surface area contributed by atoms with Gasteiger partial charge in [-0.2, -0.15) is 0 Å². The molecule has 0 spiro atoms. The molecule has 42 valence electrons. The summed E-state index contributed by atoms with van der Waals surface area (Å²) in [5.74, 6) is 0. The minimum absolute atomic E-state index is 1.17. The fourth-order valence-corrected chi connectivity index (χ4v) is 2.48. The van der Waals surface area contributed by atoms with Crippen LogP contribution in [0.3, 0.4) is 0 Å². The van der Waals surface area contributed by atoms with Crippen molar-refractivity contribution in [3.8, 4) is 0 Å². The molecule has 7 heavy (non-hydrogen) atoms. The molecule has 0 aromatic rings. The molecule has 0 bridgehead atoms. The van der Waals surface area contributed by atoms with Crippen molar-refractivity contribution in [3.63, 3.8) is 0 Å². The van der Waals surface area contributed by atoms with E-state index >= 15 is 0 Å². The van der Waals surface area contributed by atoms with Crippen molar-refractivity contribution in [2.75, 3.05) is 0 Å². The molecule has 0 radical (unpaired) electrons. The Labute approximate surface area is 59.2 Å². The van der Waals surface area contributed by atoms with E-state index in [1.54, 1.807) is 12.8 Å². The van der Waals surface area contributed by atoms with Crippen LogP contribution in [-0.4, -0.2) is 23.0 Å². The molecule has 0 saturated heterocycles. The number of rotatable bonds is 0. The summed E-state index contributed by atoms with van der Waals surface area (Å²) < 4.78 is 1.17. The van der Waals surface area contributed by atoms with Crippen LogP contribution in [0.15, 0.2) is 0 Å². The summed E-state index contributed by atoms with van der Waals surface area (Å²) in [4.78, 5) is 0. The predicted octanol–water partition coefficient (Wildman–Crippen LogP) is 1.37. The van der Waals surface area contributed by atoms with E-state index in [2.05, 4.69) is 0 Å². The standard InChI is InChI=1S/C6H11.Sb.2H/c1-2-4-6-5-3-1;;;/h1H,2-6H2;;;. The van der Waals surface area contributed by atoms with E-state index in [9.17, 15) is 0 Å². The maximum atomic E-state index is 1.54. The van der Waals surface area contributed by atoms with Gasteiger partial charge in [0.15, 0.2) is 0 Å². The Balaban J connectivity index is 2.12. The molecule has 0 amide bonds. The van der Waals surface area contributed by atoms with Crippen LogP contribution >= 0.6 is 0 Å². The van der Waals surface area contributed by atoms with Crippen LogP contribution in [-0.2, 0) is 0 Å². The predicted molar refractivity (Wildman–Crippen MR) is 35.4 cm³/mol. The van der Waals surface area contributed by atoms with E-state index in [1.807, 2.05) is 0 Å². The second-order valence-corrected chi connectivity index (χ2v) is 5.09. The summed E-state index contributed by atoms with van der Waals surface area (Å²) in [5, 5.41) is 0. The molecule has 0 unspecified atom stereocenters. The van der Waals surface area contributed by atoms with E-state index < -0.39 is 0 Å². The zero-order valence-electron chi connectivity index (χ0n) is 4.69. The molecule has 1 heteroatoms. The zero-order chi connectivity index (χ0) is 5.11. The molecule has 0 nitrogen and oxygen atoms in total. The molecule has 1 aliphatic carbocycles. The van der Waals surface area contributed by atoms with Crippen molar-refractivity contribution in [1.82, 2.24) is 0 Å². The van der Waals surface area contributed by atoms with Crippen molar-refractivity contribution in [1.29, 1.82) is 0 Å². The van der Waals surface area contributed by atoms with Gasteiger partial charge in [0.1, 0.15) is 0 Å². The zero-order valence-corrected chi connectivity index (χ0v) is 7.99. The maximum absolute atomic E-state index is 1.54. The van der Waals surface area contributed by atoms with Gasteiger partial charge in [-0.1, -0.05) is 0 Å². The molecule has 1 saturated carbocycles. The minimum atomic E-state index is 1.17. The summed E-state index contributed by atoms with van der Waals surface area (Å²) in [6, 6.07) is 0. The molecule has 1 fully saturated rings. The van der Waals surface area contributed by atoms with Gasteiger partial charge in [-0.05, 0) is 0 Å². The van der Waals surface area contributed by atoms with Gasteiger partial charge in [0, 0.05) is 0 Å². The molecule has 0 heterocycles. The molecule has 0 aliphatic heterocycles. The Kier molecular flexibility index (Phi) is 2.52. The van der Waals surface area contributed by atoms with Crippen molar-refractivity contribution in [2.24, 2.45) is 0 Å². The third kappa shape index (κ3) is 2.04. The molecular formula is C6H13Sb. The van der Waals surface area contributed by atoms with Crippen molar-refractivity contribution in [2.45, 2.75) is 36.0 Å². The van der Waals surface area contributed by atoms with Gasteiger partial charge in [0.25, 0.3) is 0 Å². The second kappa shape index (κ2) is 2.97. The van der Waals surface area contributed by atoms with Gasteiger partial charge in [0.2, 0.25) is 0 Å². The Bertz CT molecular complexity index is 46.1. The molecule has 0 N–H and O–H groups in total. The molecule has 0 aromatic carbocycles. The average Bonchev–Trinajstić information content (AvgIpc) is 1.69. The Morgan fingerprint density at radius 2 is 1.57 bits per heavy atom. The SMILES string of the molecule is [SbH2][CH]1CCCCC1. The van der Waals surface area contributed by atoms with Crippen LogP contribution in [0.4, 0.5) is 0 Å². The van der Waals surface area contributed by atoms with E-state index in [-0.39, 0.29) is 0 Å². The Hall–Kier alpha value is 0.818. The summed E-state index contributed by atoms with van der Waals surface area (Å²) in [7, 11) is 0. The topological polar surface area (TPSA) is 0 Å². The third-order valence-corrected chi connectivity index (χ3v) is 3.55. The van der Waals surface area contributed by atoms with Gasteiger partial charge in [0.05, 0.1) is 0 Å². The monoisotopic (exact) mass is 206 g/mol. The first-order valence-corrected chi connectivity index (χ1v) is 5.05. The van der Waals surface area contributed by atoms with Crippen molar-refractivity contribution < 1.29 is 0 Å². The van der Waals surface area contributed by atoms with Gasteiger partial charge in [-0.3, -0.25) is 0 Å². The van der Waals surface area contributed by atoms with Crippen LogP contribution in [0.1, 0.15) is 32.1 Å². The Morgan fingerprint density at radius 1 is 1.00 bits per heavy atom. The summed E-state index contributed by atoms with van der Waals surface area (Å²) >= 11 is 1.51. The number of hydrogen-bond acceptors (Lipinski definition) is 0. The summed E-state index contributed by atoms with van der Waals surface area (Å²) in [6.45, 7) is 0. The first-order chi connectivity index (χ1) is 3.39. The average molecular weight is 207 g/mol. The molecule has 1 aliphatic rings. The van der Waals surface area contributed by atoms with Gasteiger partial charge < -0.3 is 0 Å². The van der Waals surface area contributed by atoms with Crippen LogP contribution < -0.4 is 0 Å². The molecular weight excluding hydrogens is 194 g/mol. The van der Waals surface area contributed by atoms with E-state index in [0.29, 0.717) is 0 Å². The Morgan fingerprint density at radius 3 is 1.86 bits per heavy atom. The van der Waals surface area contributed by atoms with Crippen molar-refractivity contribution in [3.05, 3.63) is 0 Å². The normalized spacial score (nSPS) is 25.3. The summed E-state index contributed by atoms with van der Waals surface area (Å²) in [5.41, 5.74) is 0. The van der Waals surface area contributed by atoms with Crippen molar-refractivity contribution >= 4 is 23.0 Å². The van der Waals surface area contributed by atoms with Crippen LogP contribution in [0.5, 0.6) is 0 Å². The van der Waals surface area contributed by atoms with E-state index in [0.717, 1.165) is 0 Å². The van der Waals surface area contributed by atoms with Gasteiger partial charge in [-0.25, -0.2) is 0 Å². The van der Waals surface area contributed by atoms with Crippen LogP contribution in [0.25, 0.3) is 0 Å². The third-order valence-electron chi connectivity index (χ3n) is 1.65. The first-order valence-electron chi connectivity index (χ1n) is 3.15. The van der Waals surface area contributed by atoms with E-state index in [4.69, 9.17) is 0 Å². The van der Waals surface area contributed by atoms with Crippen LogP contribution in [0.2, 0.25) is 3.86 Å². The molecule has 0 aromatic heterocycles. The van der Waals surface area contributed by atoms with Crippen LogP contribution in [0, 0.1) is 0 Å². The first kappa shape index (κ1) is 5.95. The van der Waals surface area contributed by atoms with Gasteiger partial charge in [-0.15, -0.1) is 0 Å². The van der Waals surface area contributed by atoms with E-state index in [1.165, 1.54) is 46.1 Å². The summed E-state index contributed by atoms with van der Waals surface area (Å²) in [6.07, 6.45) is 7.64.